The maximum absolute atomic E-state index is 12.7. The Morgan fingerprint density at radius 3 is 1.94 bits per heavy atom. The van der Waals surface area contributed by atoms with Gasteiger partial charge in [0.1, 0.15) is 11.0 Å². The van der Waals surface area contributed by atoms with E-state index in [1.54, 1.807) is 0 Å². The molecule has 2 atom stereocenters. The molecule has 0 saturated heterocycles. The smallest absolute Gasteiger partial charge is 0.282 e. The molecule has 0 spiro atoms. The second kappa shape index (κ2) is 4.72. The zero-order valence-corrected chi connectivity index (χ0v) is 10.4. The summed E-state index contributed by atoms with van der Waals surface area (Å²) < 4.78 is 50.8. The van der Waals surface area contributed by atoms with Gasteiger partial charge in [0, 0.05) is 6.42 Å². The molecule has 94 valence electrons. The number of hydrogen-bond donors (Lipinski definition) is 1. The van der Waals surface area contributed by atoms with Gasteiger partial charge < -0.3 is 0 Å². The summed E-state index contributed by atoms with van der Waals surface area (Å²) in [5.74, 6) is 0. The Hall–Kier alpha value is -0.610. The molecule has 0 heterocycles. The highest BCUT2D eigenvalue weighted by Gasteiger charge is 2.62. The van der Waals surface area contributed by atoms with Crippen molar-refractivity contribution in [3.8, 4) is 0 Å². The summed E-state index contributed by atoms with van der Waals surface area (Å²) in [6.07, 6.45) is -5.23. The van der Waals surface area contributed by atoms with Gasteiger partial charge >= 0.3 is 11.8 Å². The standard InChI is InChI=1S/C9H15F3N2OS/c1-6-8(13-5,9(10,11)12)14-16(15)7(2,3)4/h14H,6H2,1-4H3/t8-,16-/m1/s1. The number of hydrogen-bond acceptors (Lipinski definition) is 1. The van der Waals surface area contributed by atoms with Gasteiger partial charge in [-0.1, -0.05) is 6.92 Å². The summed E-state index contributed by atoms with van der Waals surface area (Å²) in [6.45, 7) is 12.5. The quantitative estimate of drug-likeness (QED) is 0.774. The van der Waals surface area contributed by atoms with Crippen LogP contribution >= 0.6 is 0 Å². The number of alkyl halides is 3. The van der Waals surface area contributed by atoms with E-state index in [4.69, 9.17) is 6.57 Å². The third kappa shape index (κ3) is 3.19. The van der Waals surface area contributed by atoms with Gasteiger partial charge in [-0.3, -0.25) is 4.85 Å². The first-order chi connectivity index (χ1) is 7.00. The largest absolute Gasteiger partial charge is 0.485 e. The summed E-state index contributed by atoms with van der Waals surface area (Å²) in [6, 6.07) is 0. The zero-order chi connectivity index (χ0) is 13.2. The van der Waals surface area contributed by atoms with E-state index in [2.05, 4.69) is 4.85 Å². The molecular formula is C9H15F3N2OS. The molecule has 1 N–H and O–H groups in total. The van der Waals surface area contributed by atoms with E-state index in [0.29, 0.717) is 0 Å². The molecule has 0 fully saturated rings. The Morgan fingerprint density at radius 2 is 1.75 bits per heavy atom. The van der Waals surface area contributed by atoms with Gasteiger partial charge in [0.2, 0.25) is 0 Å². The average molecular weight is 256 g/mol. The minimum Gasteiger partial charge on any atom is -0.282 e. The molecule has 0 aromatic heterocycles. The summed E-state index contributed by atoms with van der Waals surface area (Å²) in [5.41, 5.74) is -2.76. The van der Waals surface area contributed by atoms with Crippen LogP contribution in [0.15, 0.2) is 0 Å². The van der Waals surface area contributed by atoms with Crippen LogP contribution in [0.2, 0.25) is 0 Å². The van der Waals surface area contributed by atoms with Crippen molar-refractivity contribution >= 4 is 11.0 Å². The van der Waals surface area contributed by atoms with Gasteiger partial charge in [0.25, 0.3) is 0 Å². The lowest BCUT2D eigenvalue weighted by Gasteiger charge is -2.27. The highest BCUT2D eigenvalue weighted by Crippen LogP contribution is 2.35. The third-order valence-electron chi connectivity index (χ3n) is 1.99. The zero-order valence-electron chi connectivity index (χ0n) is 9.60. The lowest BCUT2D eigenvalue weighted by molar-refractivity contribution is -0.177. The monoisotopic (exact) mass is 256 g/mol. The Balaban J connectivity index is 5.15. The number of rotatable bonds is 3. The molecule has 16 heavy (non-hydrogen) atoms. The lowest BCUT2D eigenvalue weighted by atomic mass is 10.1. The molecule has 0 saturated carbocycles. The minimum absolute atomic E-state index is 0.484. The van der Waals surface area contributed by atoms with Crippen molar-refractivity contribution in [1.29, 1.82) is 0 Å². The van der Waals surface area contributed by atoms with Crippen molar-refractivity contribution < 1.29 is 17.4 Å². The number of halogens is 3. The fourth-order valence-corrected chi connectivity index (χ4v) is 1.72. The number of nitrogens with one attached hydrogen (secondary N) is 1. The molecule has 0 aromatic carbocycles. The van der Waals surface area contributed by atoms with Crippen molar-refractivity contribution in [3.63, 3.8) is 0 Å². The first-order valence-corrected chi connectivity index (χ1v) is 5.80. The van der Waals surface area contributed by atoms with Crippen molar-refractivity contribution in [2.75, 3.05) is 0 Å². The summed E-state index contributed by atoms with van der Waals surface area (Å²) in [5, 5.41) is 0. The van der Waals surface area contributed by atoms with Crippen molar-refractivity contribution in [1.82, 2.24) is 4.72 Å². The Labute approximate surface area is 95.8 Å². The molecule has 0 aromatic rings. The van der Waals surface area contributed by atoms with E-state index in [-0.39, 0.29) is 0 Å². The fourth-order valence-electron chi connectivity index (χ4n) is 0.802. The molecule has 0 aliphatic rings. The molecule has 0 rings (SSSR count). The topological polar surface area (TPSA) is 33.5 Å². The van der Waals surface area contributed by atoms with Crippen molar-refractivity contribution in [3.05, 3.63) is 11.4 Å². The Kier molecular flexibility index (Phi) is 4.54. The van der Waals surface area contributed by atoms with Crippen LogP contribution in [0.4, 0.5) is 13.2 Å². The highest BCUT2D eigenvalue weighted by molar-refractivity contribution is 7.84. The maximum atomic E-state index is 12.7. The molecule has 0 aliphatic carbocycles. The van der Waals surface area contributed by atoms with Crippen LogP contribution in [0.25, 0.3) is 4.85 Å². The molecule has 0 aliphatic heterocycles. The number of nitrogens with zero attached hydrogens (tertiary/aromatic N) is 1. The fraction of sp³-hybridized carbons (Fsp3) is 0.889. The SMILES string of the molecule is [C-]#[N+][C@](CC)(N[S@](=O)C(C)(C)C)C(F)(F)F. The second-order valence-corrected chi connectivity index (χ2v) is 6.27. The molecule has 7 heteroatoms. The lowest BCUT2D eigenvalue weighted by Crippen LogP contribution is -2.56. The first-order valence-electron chi connectivity index (χ1n) is 4.65. The first kappa shape index (κ1) is 15.4. The Morgan fingerprint density at radius 1 is 1.31 bits per heavy atom. The minimum atomic E-state index is -4.75. The molecule has 0 radical (unpaired) electrons. The van der Waals surface area contributed by atoms with E-state index in [1.807, 2.05) is 4.72 Å². The van der Waals surface area contributed by atoms with Crippen molar-refractivity contribution in [2.24, 2.45) is 0 Å². The normalized spacial score (nSPS) is 18.6. The van der Waals surface area contributed by atoms with Gasteiger partial charge in [-0.15, -0.1) is 0 Å². The van der Waals surface area contributed by atoms with Crippen LogP contribution in [0.3, 0.4) is 0 Å². The average Bonchev–Trinajstić information content (AvgIpc) is 2.10. The molecule has 0 unspecified atom stereocenters. The highest BCUT2D eigenvalue weighted by atomic mass is 32.2. The van der Waals surface area contributed by atoms with Gasteiger partial charge in [0.05, 0.1) is 4.75 Å². The van der Waals surface area contributed by atoms with Crippen molar-refractivity contribution in [2.45, 2.75) is 50.7 Å². The van der Waals surface area contributed by atoms with Crippen LogP contribution in [0.5, 0.6) is 0 Å². The maximum Gasteiger partial charge on any atom is 0.485 e. The summed E-state index contributed by atoms with van der Waals surface area (Å²) in [4.78, 5) is 2.58. The van der Waals surface area contributed by atoms with Crippen LogP contribution in [0, 0.1) is 6.57 Å². The van der Waals surface area contributed by atoms with E-state index in [1.165, 1.54) is 27.7 Å². The second-order valence-electron chi connectivity index (χ2n) is 4.31. The van der Waals surface area contributed by atoms with Gasteiger partial charge in [0.15, 0.2) is 0 Å². The summed E-state index contributed by atoms with van der Waals surface area (Å²) in [7, 11) is -1.94. The molecular weight excluding hydrogens is 241 g/mol. The molecule has 0 bridgehead atoms. The summed E-state index contributed by atoms with van der Waals surface area (Å²) >= 11 is 0. The predicted molar refractivity (Wildman–Crippen MR) is 56.7 cm³/mol. The van der Waals surface area contributed by atoms with E-state index < -0.39 is 34.0 Å². The van der Waals surface area contributed by atoms with E-state index in [0.717, 1.165) is 0 Å². The van der Waals surface area contributed by atoms with E-state index >= 15 is 0 Å². The van der Waals surface area contributed by atoms with E-state index in [9.17, 15) is 17.4 Å². The van der Waals surface area contributed by atoms with Crippen LogP contribution < -0.4 is 4.72 Å². The predicted octanol–water partition coefficient (Wildman–Crippen LogP) is 2.63. The van der Waals surface area contributed by atoms with Crippen LogP contribution in [-0.2, 0) is 11.0 Å². The van der Waals surface area contributed by atoms with Crippen LogP contribution in [-0.4, -0.2) is 20.8 Å². The van der Waals surface area contributed by atoms with Gasteiger partial charge in [-0.2, -0.15) is 17.9 Å². The van der Waals surface area contributed by atoms with Crippen LogP contribution in [0.1, 0.15) is 34.1 Å². The molecule has 3 nitrogen and oxygen atoms in total. The molecule has 0 amide bonds. The van der Waals surface area contributed by atoms with Gasteiger partial charge in [-0.05, 0) is 20.8 Å². The Bertz CT molecular complexity index is 316. The van der Waals surface area contributed by atoms with Gasteiger partial charge in [-0.25, -0.2) is 10.8 Å². The third-order valence-corrected chi connectivity index (χ3v) is 3.62.